The SMILES string of the molecule is C=CCNC(=O)C(=O)C(CCC1CC1)NC(=O)[C@@H]1CCCN1C(=O)[C@@H](NC(=O)N[C@H](CN1CCN(C(C)C)[S+]1(=O)O)C(C)(C)C)C(C)(C)C. The fraction of sp³-hybridized carbons (Fsp3) is 0.794. The molecule has 2 unspecified atom stereocenters. The molecule has 3 rings (SSSR count). The average molecular weight is 711 g/mol. The average Bonchev–Trinajstić information content (AvgIpc) is 3.60. The summed E-state index contributed by atoms with van der Waals surface area (Å²) >= 11 is 0. The van der Waals surface area contributed by atoms with Crippen molar-refractivity contribution in [3.8, 4) is 0 Å². The highest BCUT2D eigenvalue weighted by atomic mass is 32.3. The largest absolute Gasteiger partial charge is 0.375 e. The first-order valence-corrected chi connectivity index (χ1v) is 19.0. The van der Waals surface area contributed by atoms with Gasteiger partial charge in [0.2, 0.25) is 17.6 Å². The highest BCUT2D eigenvalue weighted by Crippen LogP contribution is 2.34. The van der Waals surface area contributed by atoms with Gasteiger partial charge in [-0.2, -0.15) is 4.55 Å². The van der Waals surface area contributed by atoms with E-state index in [4.69, 9.17) is 0 Å². The van der Waals surface area contributed by atoms with Crippen molar-refractivity contribution < 1.29 is 32.7 Å². The molecule has 278 valence electrons. The van der Waals surface area contributed by atoms with Crippen molar-refractivity contribution in [1.82, 2.24) is 34.8 Å². The van der Waals surface area contributed by atoms with E-state index in [9.17, 15) is 32.7 Å². The van der Waals surface area contributed by atoms with E-state index >= 15 is 0 Å². The molecule has 0 aromatic rings. The number of carbonyl (C=O) groups is 5. The fourth-order valence-corrected chi connectivity index (χ4v) is 8.09. The summed E-state index contributed by atoms with van der Waals surface area (Å²) in [7, 11) is -3.43. The maximum atomic E-state index is 14.1. The van der Waals surface area contributed by atoms with Crippen molar-refractivity contribution in [2.45, 2.75) is 124 Å². The molecule has 49 heavy (non-hydrogen) atoms. The summed E-state index contributed by atoms with van der Waals surface area (Å²) in [5.41, 5.74) is -1.24. The molecule has 3 aliphatic rings. The Morgan fingerprint density at radius 2 is 1.59 bits per heavy atom. The van der Waals surface area contributed by atoms with Gasteiger partial charge in [0.1, 0.15) is 12.1 Å². The second-order valence-electron chi connectivity index (χ2n) is 16.1. The summed E-state index contributed by atoms with van der Waals surface area (Å²) in [6, 6.07) is -4.16. The minimum atomic E-state index is -3.43. The molecule has 5 atom stereocenters. The van der Waals surface area contributed by atoms with Crippen LogP contribution in [0.5, 0.6) is 0 Å². The topological polar surface area (TPSA) is 180 Å². The van der Waals surface area contributed by atoms with Crippen LogP contribution in [-0.2, 0) is 34.0 Å². The van der Waals surface area contributed by atoms with Crippen LogP contribution in [0.25, 0.3) is 0 Å². The zero-order valence-corrected chi connectivity index (χ0v) is 31.5. The molecule has 1 aliphatic carbocycles. The number of urea groups is 1. The molecular weight excluding hydrogens is 650 g/mol. The van der Waals surface area contributed by atoms with Gasteiger partial charge in [0.25, 0.3) is 5.91 Å². The molecule has 5 amide bonds. The lowest BCUT2D eigenvalue weighted by atomic mass is 9.85. The van der Waals surface area contributed by atoms with Gasteiger partial charge >= 0.3 is 16.6 Å². The van der Waals surface area contributed by atoms with Gasteiger partial charge in [-0.1, -0.05) is 69.1 Å². The molecule has 0 aromatic heterocycles. The predicted octanol–water partition coefficient (Wildman–Crippen LogP) is 2.48. The summed E-state index contributed by atoms with van der Waals surface area (Å²) < 4.78 is 27.2. The van der Waals surface area contributed by atoms with Crippen molar-refractivity contribution in [2.75, 3.05) is 32.7 Å². The van der Waals surface area contributed by atoms with E-state index in [1.807, 2.05) is 55.4 Å². The maximum absolute atomic E-state index is 14.1. The molecule has 2 heterocycles. The number of hydrogen-bond donors (Lipinski definition) is 5. The first-order valence-electron chi connectivity index (χ1n) is 17.6. The Labute approximate surface area is 293 Å². The van der Waals surface area contributed by atoms with Crippen LogP contribution in [0, 0.1) is 16.7 Å². The molecule has 0 radical (unpaired) electrons. The van der Waals surface area contributed by atoms with Gasteiger partial charge in [0, 0.05) is 13.1 Å². The summed E-state index contributed by atoms with van der Waals surface area (Å²) in [6.45, 7) is 19.9. The Balaban J connectivity index is 1.73. The van der Waals surface area contributed by atoms with Crippen LogP contribution in [0.15, 0.2) is 12.7 Å². The molecular formula is C34H60N7O7S+. The molecule has 14 nitrogen and oxygen atoms in total. The molecule has 1 saturated carbocycles. The van der Waals surface area contributed by atoms with E-state index in [1.54, 1.807) is 4.31 Å². The van der Waals surface area contributed by atoms with E-state index in [-0.39, 0.29) is 19.1 Å². The highest BCUT2D eigenvalue weighted by molar-refractivity contribution is 7.93. The molecule has 0 spiro atoms. The summed E-state index contributed by atoms with van der Waals surface area (Å²) in [5.74, 6) is -1.97. The van der Waals surface area contributed by atoms with E-state index in [0.717, 1.165) is 12.8 Å². The van der Waals surface area contributed by atoms with Crippen LogP contribution in [0.2, 0.25) is 0 Å². The van der Waals surface area contributed by atoms with Crippen LogP contribution < -0.4 is 21.3 Å². The summed E-state index contributed by atoms with van der Waals surface area (Å²) in [6.07, 6.45) is 5.56. The lowest BCUT2D eigenvalue weighted by Gasteiger charge is -2.37. The van der Waals surface area contributed by atoms with Gasteiger partial charge in [-0.3, -0.25) is 19.2 Å². The standard InChI is InChI=1S/C34H59N7O7S/c1-10-17-35-30(44)27(42)24(16-15-23-13-14-23)36-29(43)25-12-11-18-40(25)31(45)28(34(7,8)9)38-32(46)37-26(33(4,5)6)21-39-19-20-41(22(2)3)49(39,47)48/h10,22-26,28H,1,11-21H2,2-9H3,(H4-,35,36,37,38,43,44,46,47,48)/p+1/t24?,25-,26+,28+/m0/s1. The minimum Gasteiger partial charge on any atom is -0.346 e. The third-order valence-electron chi connectivity index (χ3n) is 9.58. The highest BCUT2D eigenvalue weighted by Gasteiger charge is 2.52. The van der Waals surface area contributed by atoms with Crippen molar-refractivity contribution in [1.29, 1.82) is 0 Å². The molecule has 0 bridgehead atoms. The van der Waals surface area contributed by atoms with Crippen molar-refractivity contribution >= 4 is 40.1 Å². The number of rotatable bonds is 15. The van der Waals surface area contributed by atoms with Gasteiger partial charge in [-0.25, -0.2) is 4.79 Å². The second kappa shape index (κ2) is 16.4. The lowest BCUT2D eigenvalue weighted by molar-refractivity contribution is -0.143. The zero-order chi connectivity index (χ0) is 36.9. The van der Waals surface area contributed by atoms with Crippen LogP contribution in [0.1, 0.15) is 93.9 Å². The molecule has 2 aliphatic heterocycles. The second-order valence-corrected chi connectivity index (χ2v) is 18.0. The first-order chi connectivity index (χ1) is 22.7. The van der Waals surface area contributed by atoms with Gasteiger partial charge in [0.15, 0.2) is 0 Å². The van der Waals surface area contributed by atoms with E-state index < -0.39 is 75.1 Å². The number of likely N-dealkylation sites (tertiary alicyclic amines) is 1. The Morgan fingerprint density at radius 3 is 2.12 bits per heavy atom. The normalized spacial score (nSPS) is 23.9. The molecule has 15 heteroatoms. The Morgan fingerprint density at radius 1 is 0.939 bits per heavy atom. The van der Waals surface area contributed by atoms with Gasteiger partial charge in [-0.15, -0.1) is 6.58 Å². The van der Waals surface area contributed by atoms with E-state index in [0.29, 0.717) is 51.2 Å². The smallest absolute Gasteiger partial charge is 0.346 e. The van der Waals surface area contributed by atoms with E-state index in [1.165, 1.54) is 15.3 Å². The number of amides is 5. The Hall–Kier alpha value is -2.88. The third-order valence-corrected chi connectivity index (χ3v) is 11.8. The Kier molecular flexibility index (Phi) is 13.6. The van der Waals surface area contributed by atoms with Crippen LogP contribution in [0.4, 0.5) is 4.79 Å². The molecule has 2 saturated heterocycles. The van der Waals surface area contributed by atoms with Crippen molar-refractivity contribution in [3.05, 3.63) is 12.7 Å². The number of Topliss-reactive ketones (excluding diaryl/α,β-unsaturated/α-hetero) is 1. The number of carbonyl (C=O) groups excluding carboxylic acids is 5. The summed E-state index contributed by atoms with van der Waals surface area (Å²) in [5, 5.41) is 11.1. The first kappa shape index (κ1) is 40.5. The maximum Gasteiger partial charge on any atom is 0.375 e. The third kappa shape index (κ3) is 10.8. The molecule has 3 fully saturated rings. The monoisotopic (exact) mass is 710 g/mol. The molecule has 0 aromatic carbocycles. The molecule has 5 N–H and O–H groups in total. The summed E-state index contributed by atoms with van der Waals surface area (Å²) in [4.78, 5) is 68.3. The number of nitrogens with one attached hydrogen (secondary N) is 4. The lowest BCUT2D eigenvalue weighted by Crippen LogP contribution is -2.62. The van der Waals surface area contributed by atoms with Crippen molar-refractivity contribution in [2.24, 2.45) is 16.7 Å². The van der Waals surface area contributed by atoms with Gasteiger partial charge < -0.3 is 26.2 Å². The number of hydrogen-bond acceptors (Lipinski definition) is 6. The van der Waals surface area contributed by atoms with Crippen molar-refractivity contribution in [3.63, 3.8) is 0 Å². The Bertz CT molecular complexity index is 1290. The van der Waals surface area contributed by atoms with Crippen LogP contribution in [-0.4, -0.2) is 111 Å². The van der Waals surface area contributed by atoms with Gasteiger partial charge in [-0.05, 0) is 60.5 Å². The number of nitrogens with zero attached hydrogens (tertiary/aromatic N) is 3. The quantitative estimate of drug-likeness (QED) is 0.0984. The van der Waals surface area contributed by atoms with E-state index in [2.05, 4.69) is 27.8 Å². The predicted molar refractivity (Wildman–Crippen MR) is 189 cm³/mol. The number of ketones is 1. The van der Waals surface area contributed by atoms with Crippen LogP contribution in [0.3, 0.4) is 0 Å². The zero-order valence-electron chi connectivity index (χ0n) is 30.7. The van der Waals surface area contributed by atoms with Crippen LogP contribution >= 0.6 is 0 Å². The fourth-order valence-electron chi connectivity index (χ4n) is 6.26. The minimum absolute atomic E-state index is 0.126. The van der Waals surface area contributed by atoms with Gasteiger partial charge in [0.05, 0.1) is 37.8 Å².